The Balaban J connectivity index is 1.45. The van der Waals surface area contributed by atoms with Gasteiger partial charge >= 0.3 is 12.1 Å². The molecule has 2 heterocycles. The number of benzene rings is 1. The number of carbonyl (C=O) groups excluding carboxylic acids is 2. The number of rotatable bonds is 6. The molecule has 0 aliphatic carbocycles. The Hall–Kier alpha value is -2.81. The van der Waals surface area contributed by atoms with E-state index >= 15 is 0 Å². The van der Waals surface area contributed by atoms with Crippen LogP contribution in [0.5, 0.6) is 0 Å². The highest BCUT2D eigenvalue weighted by Crippen LogP contribution is 2.22. The predicted octanol–water partition coefficient (Wildman–Crippen LogP) is 1.70. The van der Waals surface area contributed by atoms with Crippen molar-refractivity contribution in [2.24, 2.45) is 5.92 Å². The summed E-state index contributed by atoms with van der Waals surface area (Å²) in [7, 11) is 0. The molecule has 1 aromatic rings. The molecular weight excluding hydrogens is 388 g/mol. The number of piperidine rings is 1. The van der Waals surface area contributed by atoms with Crippen molar-refractivity contribution < 1.29 is 24.2 Å². The average molecular weight is 418 g/mol. The lowest BCUT2D eigenvalue weighted by molar-refractivity contribution is -0.138. The highest BCUT2D eigenvalue weighted by Gasteiger charge is 2.26. The molecule has 2 fully saturated rings. The number of likely N-dealkylation sites (tertiary alicyclic amines) is 1. The number of hydrogen-bond acceptors (Lipinski definition) is 6. The van der Waals surface area contributed by atoms with Gasteiger partial charge in [0.05, 0.1) is 13.2 Å². The SMILES string of the molecule is CCOC(=O)N1CCN(c2ccc(NC(=O)C3CCN(CC(=O)O)CC3)cc2)CC1. The van der Waals surface area contributed by atoms with Crippen LogP contribution in [0.4, 0.5) is 16.2 Å². The lowest BCUT2D eigenvalue weighted by Crippen LogP contribution is -2.49. The van der Waals surface area contributed by atoms with Crippen molar-refractivity contribution in [1.82, 2.24) is 9.80 Å². The van der Waals surface area contributed by atoms with Crippen LogP contribution in [0.25, 0.3) is 0 Å². The van der Waals surface area contributed by atoms with E-state index in [1.54, 1.807) is 11.8 Å². The van der Waals surface area contributed by atoms with Crippen LogP contribution in [0.3, 0.4) is 0 Å². The zero-order valence-corrected chi connectivity index (χ0v) is 17.4. The molecule has 2 saturated heterocycles. The number of carboxylic acid groups (broad SMARTS) is 1. The van der Waals surface area contributed by atoms with Gasteiger partial charge in [0.1, 0.15) is 0 Å². The first-order valence-corrected chi connectivity index (χ1v) is 10.5. The van der Waals surface area contributed by atoms with Crippen LogP contribution >= 0.6 is 0 Å². The second-order valence-corrected chi connectivity index (χ2v) is 7.65. The smallest absolute Gasteiger partial charge is 0.409 e. The van der Waals surface area contributed by atoms with Crippen molar-refractivity contribution in [3.8, 4) is 0 Å². The molecule has 0 radical (unpaired) electrons. The van der Waals surface area contributed by atoms with Gasteiger partial charge < -0.3 is 25.0 Å². The largest absolute Gasteiger partial charge is 0.480 e. The number of carboxylic acids is 1. The zero-order valence-electron chi connectivity index (χ0n) is 17.4. The molecular formula is C21H30N4O5. The number of amides is 2. The number of anilines is 2. The minimum atomic E-state index is -0.833. The molecule has 1 aromatic carbocycles. The summed E-state index contributed by atoms with van der Waals surface area (Å²) in [6, 6.07) is 7.74. The zero-order chi connectivity index (χ0) is 21.5. The van der Waals surface area contributed by atoms with Gasteiger partial charge in [-0.15, -0.1) is 0 Å². The number of nitrogens with zero attached hydrogens (tertiary/aromatic N) is 3. The van der Waals surface area contributed by atoms with Crippen molar-refractivity contribution in [2.45, 2.75) is 19.8 Å². The highest BCUT2D eigenvalue weighted by atomic mass is 16.6. The Morgan fingerprint density at radius 3 is 2.23 bits per heavy atom. The standard InChI is InChI=1S/C21H30N4O5/c1-2-30-21(29)25-13-11-24(12-14-25)18-5-3-17(4-6-18)22-20(28)16-7-9-23(10-8-16)15-19(26)27/h3-6,16H,2,7-15H2,1H3,(H,22,28)(H,26,27). The van der Waals surface area contributed by atoms with E-state index in [4.69, 9.17) is 9.84 Å². The van der Waals surface area contributed by atoms with Crippen molar-refractivity contribution in [2.75, 3.05) is 62.6 Å². The number of carbonyl (C=O) groups is 3. The van der Waals surface area contributed by atoms with Gasteiger partial charge in [0, 0.05) is 43.5 Å². The Labute approximate surface area is 176 Å². The second kappa shape index (κ2) is 10.3. The molecule has 0 unspecified atom stereocenters. The van der Waals surface area contributed by atoms with Crippen molar-refractivity contribution in [3.05, 3.63) is 24.3 Å². The first kappa shape index (κ1) is 21.9. The molecule has 0 bridgehead atoms. The lowest BCUT2D eigenvalue weighted by Gasteiger charge is -2.35. The Bertz CT molecular complexity index is 738. The summed E-state index contributed by atoms with van der Waals surface area (Å²) in [5, 5.41) is 11.8. The first-order valence-electron chi connectivity index (χ1n) is 10.5. The normalized spacial score (nSPS) is 18.2. The monoisotopic (exact) mass is 418 g/mol. The van der Waals surface area contributed by atoms with Crippen LogP contribution in [0.2, 0.25) is 0 Å². The number of piperazine rings is 1. The molecule has 0 atom stereocenters. The molecule has 2 aliphatic rings. The fourth-order valence-electron chi connectivity index (χ4n) is 3.91. The average Bonchev–Trinajstić information content (AvgIpc) is 2.75. The first-order chi connectivity index (χ1) is 14.5. The molecule has 0 aromatic heterocycles. The van der Waals surface area contributed by atoms with Gasteiger partial charge in [0.2, 0.25) is 5.91 Å². The minimum absolute atomic E-state index is 0.0132. The predicted molar refractivity (Wildman–Crippen MR) is 113 cm³/mol. The molecule has 2 N–H and O–H groups in total. The van der Waals surface area contributed by atoms with Crippen LogP contribution < -0.4 is 10.2 Å². The third-order valence-electron chi connectivity index (χ3n) is 5.62. The molecule has 0 spiro atoms. The van der Waals surface area contributed by atoms with Crippen molar-refractivity contribution >= 4 is 29.3 Å². The maximum atomic E-state index is 12.5. The van der Waals surface area contributed by atoms with Crippen LogP contribution in [0, 0.1) is 5.92 Å². The number of nitrogens with one attached hydrogen (secondary N) is 1. The molecule has 3 rings (SSSR count). The summed E-state index contributed by atoms with van der Waals surface area (Å²) in [5.74, 6) is -0.938. The van der Waals surface area contributed by atoms with E-state index < -0.39 is 5.97 Å². The molecule has 2 aliphatic heterocycles. The minimum Gasteiger partial charge on any atom is -0.480 e. The summed E-state index contributed by atoms with van der Waals surface area (Å²) in [4.78, 5) is 40.9. The molecule has 9 nitrogen and oxygen atoms in total. The van der Waals surface area contributed by atoms with Gasteiger partial charge in [-0.3, -0.25) is 14.5 Å². The molecule has 0 saturated carbocycles. The molecule has 30 heavy (non-hydrogen) atoms. The van der Waals surface area contributed by atoms with Gasteiger partial charge in [0.15, 0.2) is 0 Å². The number of hydrogen-bond donors (Lipinski definition) is 2. The number of aliphatic carboxylic acids is 1. The van der Waals surface area contributed by atoms with Gasteiger partial charge in [-0.25, -0.2) is 4.79 Å². The van der Waals surface area contributed by atoms with Crippen LogP contribution in [0.15, 0.2) is 24.3 Å². The van der Waals surface area contributed by atoms with Crippen LogP contribution in [0.1, 0.15) is 19.8 Å². The topological polar surface area (TPSA) is 102 Å². The van der Waals surface area contributed by atoms with Gasteiger partial charge in [0.25, 0.3) is 0 Å². The lowest BCUT2D eigenvalue weighted by atomic mass is 9.96. The van der Waals surface area contributed by atoms with Crippen molar-refractivity contribution in [3.63, 3.8) is 0 Å². The quantitative estimate of drug-likeness (QED) is 0.725. The number of ether oxygens (including phenoxy) is 1. The van der Waals surface area contributed by atoms with E-state index in [0.29, 0.717) is 45.6 Å². The third-order valence-corrected chi connectivity index (χ3v) is 5.62. The van der Waals surface area contributed by atoms with E-state index in [9.17, 15) is 14.4 Å². The Kier molecular flexibility index (Phi) is 7.51. The summed E-state index contributed by atoms with van der Waals surface area (Å²) in [6.45, 7) is 6.19. The molecule has 164 valence electrons. The fraction of sp³-hybridized carbons (Fsp3) is 0.571. The van der Waals surface area contributed by atoms with Gasteiger partial charge in [-0.05, 0) is 57.1 Å². The van der Waals surface area contributed by atoms with E-state index in [1.165, 1.54) is 0 Å². The maximum absolute atomic E-state index is 12.5. The molecule has 9 heteroatoms. The van der Waals surface area contributed by atoms with E-state index in [2.05, 4.69) is 10.2 Å². The van der Waals surface area contributed by atoms with E-state index in [1.807, 2.05) is 29.2 Å². The van der Waals surface area contributed by atoms with Crippen molar-refractivity contribution in [1.29, 1.82) is 0 Å². The molecule has 2 amide bonds. The maximum Gasteiger partial charge on any atom is 0.409 e. The summed E-state index contributed by atoms with van der Waals surface area (Å²) in [5.41, 5.74) is 1.81. The van der Waals surface area contributed by atoms with E-state index in [0.717, 1.165) is 24.5 Å². The summed E-state index contributed by atoms with van der Waals surface area (Å²) < 4.78 is 5.05. The van der Waals surface area contributed by atoms with E-state index in [-0.39, 0.29) is 24.5 Å². The van der Waals surface area contributed by atoms with Crippen LogP contribution in [-0.2, 0) is 14.3 Å². The Morgan fingerprint density at radius 1 is 1.03 bits per heavy atom. The summed E-state index contributed by atoms with van der Waals surface area (Å²) >= 11 is 0. The van der Waals surface area contributed by atoms with Crippen LogP contribution in [-0.4, -0.2) is 85.3 Å². The summed E-state index contributed by atoms with van der Waals surface area (Å²) in [6.07, 6.45) is 1.08. The van der Waals surface area contributed by atoms with Gasteiger partial charge in [-0.1, -0.05) is 0 Å². The highest BCUT2D eigenvalue weighted by molar-refractivity contribution is 5.92. The second-order valence-electron chi connectivity index (χ2n) is 7.65. The Morgan fingerprint density at radius 2 is 1.67 bits per heavy atom. The fourth-order valence-corrected chi connectivity index (χ4v) is 3.91. The third kappa shape index (κ3) is 5.85. The van der Waals surface area contributed by atoms with Gasteiger partial charge in [-0.2, -0.15) is 0 Å².